The molecule has 0 N–H and O–H groups in total. The van der Waals surface area contributed by atoms with Gasteiger partial charge >= 0.3 is 0 Å². The Labute approximate surface area is 346 Å². The summed E-state index contributed by atoms with van der Waals surface area (Å²) in [5.74, 6) is 4.05. The Morgan fingerprint density at radius 1 is 0.414 bits per heavy atom. The minimum Gasteiger partial charge on any atom is -0.493 e. The van der Waals surface area contributed by atoms with E-state index < -0.39 is 0 Å². The third kappa shape index (κ3) is 14.1. The quantitative estimate of drug-likeness (QED) is 0.0459. The Kier molecular flexibility index (Phi) is 18.1. The molecule has 6 heteroatoms. The van der Waals surface area contributed by atoms with Crippen LogP contribution in [-0.4, -0.2) is 13.2 Å². The fraction of sp³-hybridized carbons (Fsp3) is 0.308. The molecule has 5 aromatic rings. The molecule has 0 aromatic heterocycles. The van der Waals surface area contributed by atoms with Gasteiger partial charge in [-0.05, 0) is 85.6 Å². The van der Waals surface area contributed by atoms with Crippen molar-refractivity contribution in [2.24, 2.45) is 0 Å². The number of benzene rings is 5. The van der Waals surface area contributed by atoms with E-state index in [9.17, 15) is 10.5 Å². The molecular formula is C52H56N2O4. The summed E-state index contributed by atoms with van der Waals surface area (Å²) in [6.07, 6.45) is 22.1. The fourth-order valence-electron chi connectivity index (χ4n) is 6.48. The van der Waals surface area contributed by atoms with Crippen LogP contribution in [0.25, 0.3) is 24.3 Å². The molecule has 0 aliphatic rings. The second-order valence-electron chi connectivity index (χ2n) is 14.4. The molecule has 58 heavy (non-hydrogen) atoms. The first-order valence-electron chi connectivity index (χ1n) is 20.9. The maximum Gasteiger partial charge on any atom is 0.135 e. The van der Waals surface area contributed by atoms with E-state index in [1.165, 1.54) is 51.4 Å². The number of unbranched alkanes of at least 4 members (excludes halogenated alkanes) is 10. The van der Waals surface area contributed by atoms with E-state index >= 15 is 0 Å². The van der Waals surface area contributed by atoms with Gasteiger partial charge in [-0.3, -0.25) is 0 Å². The SMILES string of the molecule is CCCCCCCCOc1cc(/C=C/c2ccc(C#N)cc2Oc2ccccc2)c(OCCCCCCCC)cc1/C=C/c1ccc(C#N)cc1Oc1ccccc1. The van der Waals surface area contributed by atoms with Crippen molar-refractivity contribution in [3.8, 4) is 46.6 Å². The summed E-state index contributed by atoms with van der Waals surface area (Å²) in [6, 6.07) is 38.7. The Bertz CT molecular complexity index is 1990. The van der Waals surface area contributed by atoms with Gasteiger partial charge in [0.25, 0.3) is 0 Å². The van der Waals surface area contributed by atoms with Crippen molar-refractivity contribution < 1.29 is 18.9 Å². The smallest absolute Gasteiger partial charge is 0.135 e. The first-order chi connectivity index (χ1) is 28.6. The van der Waals surface area contributed by atoms with Gasteiger partial charge in [0.05, 0.1) is 36.5 Å². The van der Waals surface area contributed by atoms with E-state index in [4.69, 9.17) is 18.9 Å². The lowest BCUT2D eigenvalue weighted by Gasteiger charge is -2.16. The van der Waals surface area contributed by atoms with Crippen molar-refractivity contribution in [3.05, 3.63) is 143 Å². The van der Waals surface area contributed by atoms with Crippen molar-refractivity contribution in [2.75, 3.05) is 13.2 Å². The molecule has 0 saturated heterocycles. The molecule has 0 fully saturated rings. The van der Waals surface area contributed by atoms with Crippen LogP contribution in [0.1, 0.15) is 124 Å². The Morgan fingerprint density at radius 3 is 1.19 bits per heavy atom. The highest BCUT2D eigenvalue weighted by molar-refractivity contribution is 5.81. The number of ether oxygens (including phenoxy) is 4. The third-order valence-electron chi connectivity index (χ3n) is 9.77. The van der Waals surface area contributed by atoms with Gasteiger partial charge in [0.1, 0.15) is 34.5 Å². The molecule has 0 amide bonds. The molecule has 0 radical (unpaired) electrons. The van der Waals surface area contributed by atoms with Crippen LogP contribution in [-0.2, 0) is 0 Å². The summed E-state index contributed by atoms with van der Waals surface area (Å²) in [5, 5.41) is 19.3. The van der Waals surface area contributed by atoms with Gasteiger partial charge in [-0.2, -0.15) is 10.5 Å². The fourth-order valence-corrected chi connectivity index (χ4v) is 6.48. The molecule has 298 valence electrons. The van der Waals surface area contributed by atoms with Crippen LogP contribution < -0.4 is 18.9 Å². The lowest BCUT2D eigenvalue weighted by Crippen LogP contribution is -2.03. The van der Waals surface area contributed by atoms with Gasteiger partial charge in [0, 0.05) is 22.3 Å². The van der Waals surface area contributed by atoms with Crippen LogP contribution in [0.3, 0.4) is 0 Å². The zero-order chi connectivity index (χ0) is 40.6. The van der Waals surface area contributed by atoms with E-state index in [-0.39, 0.29) is 0 Å². The maximum atomic E-state index is 9.67. The molecule has 0 heterocycles. The first-order valence-corrected chi connectivity index (χ1v) is 20.9. The first kappa shape index (κ1) is 42.9. The standard InChI is InChI=1S/C52H56N2O4/c1-3-5-7-9-11-19-33-55-49-37-46(32-30-44-28-26-42(40-54)36-52(44)58-48-23-17-14-18-24-48)50(56-34-20-12-10-8-6-4-2)38-45(49)31-29-43-27-25-41(39-53)35-51(43)57-47-21-15-13-16-22-47/h13-18,21-32,35-38H,3-12,19-20,33-34H2,1-2H3/b31-29+,32-30+. The van der Waals surface area contributed by atoms with Gasteiger partial charge in [-0.15, -0.1) is 0 Å². The van der Waals surface area contributed by atoms with Gasteiger partial charge in [0.2, 0.25) is 0 Å². The zero-order valence-electron chi connectivity index (χ0n) is 34.1. The number of hydrogen-bond acceptors (Lipinski definition) is 6. The molecule has 0 unspecified atom stereocenters. The molecular weight excluding hydrogens is 717 g/mol. The Balaban J connectivity index is 1.51. The van der Waals surface area contributed by atoms with Crippen LogP contribution >= 0.6 is 0 Å². The lowest BCUT2D eigenvalue weighted by atomic mass is 10.0. The van der Waals surface area contributed by atoms with E-state index in [2.05, 4.69) is 38.1 Å². The van der Waals surface area contributed by atoms with Crippen LogP contribution in [0.2, 0.25) is 0 Å². The second-order valence-corrected chi connectivity index (χ2v) is 14.4. The average molecular weight is 773 g/mol. The van der Waals surface area contributed by atoms with Crippen molar-refractivity contribution in [1.82, 2.24) is 0 Å². The number of para-hydroxylation sites is 2. The largest absolute Gasteiger partial charge is 0.493 e. The predicted molar refractivity (Wildman–Crippen MR) is 237 cm³/mol. The Morgan fingerprint density at radius 2 is 0.793 bits per heavy atom. The molecule has 5 aromatic carbocycles. The normalized spacial score (nSPS) is 11.0. The van der Waals surface area contributed by atoms with Crippen molar-refractivity contribution >= 4 is 24.3 Å². The van der Waals surface area contributed by atoms with Crippen molar-refractivity contribution in [1.29, 1.82) is 10.5 Å². The highest BCUT2D eigenvalue weighted by Crippen LogP contribution is 2.35. The minimum absolute atomic E-state index is 0.521. The highest BCUT2D eigenvalue weighted by Gasteiger charge is 2.13. The molecule has 0 spiro atoms. The lowest BCUT2D eigenvalue weighted by molar-refractivity contribution is 0.295. The Hall–Kier alpha value is -6.24. The number of nitriles is 2. The number of rotatable bonds is 24. The predicted octanol–water partition coefficient (Wildman–Crippen LogP) is 14.8. The molecule has 5 rings (SSSR count). The highest BCUT2D eigenvalue weighted by atomic mass is 16.5. The van der Waals surface area contributed by atoms with Gasteiger partial charge in [0.15, 0.2) is 0 Å². The van der Waals surface area contributed by atoms with E-state index in [1.54, 1.807) is 24.3 Å². The van der Waals surface area contributed by atoms with Gasteiger partial charge in [-0.25, -0.2) is 0 Å². The summed E-state index contributed by atoms with van der Waals surface area (Å²) >= 11 is 0. The van der Waals surface area contributed by atoms with E-state index in [0.717, 1.165) is 59.4 Å². The minimum atomic E-state index is 0.521. The number of nitrogens with zero attached hydrogens (tertiary/aromatic N) is 2. The summed E-state index contributed by atoms with van der Waals surface area (Å²) < 4.78 is 25.7. The van der Waals surface area contributed by atoms with Crippen molar-refractivity contribution in [2.45, 2.75) is 90.9 Å². The van der Waals surface area contributed by atoms with Crippen LogP contribution in [0.4, 0.5) is 0 Å². The van der Waals surface area contributed by atoms with Crippen LogP contribution in [0, 0.1) is 22.7 Å². The summed E-state index contributed by atoms with van der Waals surface area (Å²) in [4.78, 5) is 0. The maximum absolute atomic E-state index is 9.67. The average Bonchev–Trinajstić information content (AvgIpc) is 3.26. The molecule has 0 aliphatic heterocycles. The van der Waals surface area contributed by atoms with E-state index in [0.29, 0.717) is 47.3 Å². The summed E-state index contributed by atoms with van der Waals surface area (Å²) in [6.45, 7) is 5.66. The van der Waals surface area contributed by atoms with Crippen LogP contribution in [0.5, 0.6) is 34.5 Å². The topological polar surface area (TPSA) is 84.5 Å². The van der Waals surface area contributed by atoms with Crippen LogP contribution in [0.15, 0.2) is 109 Å². The zero-order valence-corrected chi connectivity index (χ0v) is 34.1. The molecule has 0 atom stereocenters. The van der Waals surface area contributed by atoms with Crippen molar-refractivity contribution in [3.63, 3.8) is 0 Å². The molecule has 0 aliphatic carbocycles. The molecule has 6 nitrogen and oxygen atoms in total. The van der Waals surface area contributed by atoms with Gasteiger partial charge < -0.3 is 18.9 Å². The van der Waals surface area contributed by atoms with Gasteiger partial charge in [-0.1, -0.05) is 139 Å². The second kappa shape index (κ2) is 24.4. The van der Waals surface area contributed by atoms with E-state index in [1.807, 2.05) is 97.1 Å². The number of hydrogen-bond donors (Lipinski definition) is 0. The third-order valence-corrected chi connectivity index (χ3v) is 9.77. The molecule has 0 saturated carbocycles. The monoisotopic (exact) mass is 772 g/mol. The molecule has 0 bridgehead atoms. The summed E-state index contributed by atoms with van der Waals surface area (Å²) in [7, 11) is 0. The summed E-state index contributed by atoms with van der Waals surface area (Å²) in [5.41, 5.74) is 4.45.